The van der Waals surface area contributed by atoms with E-state index in [-0.39, 0.29) is 12.7 Å². The Morgan fingerprint density at radius 3 is 2.74 bits per heavy atom. The number of anilines is 1. The molecule has 1 atom stereocenters. The zero-order valence-corrected chi connectivity index (χ0v) is 15.7. The molecule has 1 aliphatic rings. The second-order valence-corrected chi connectivity index (χ2v) is 7.43. The first kappa shape index (κ1) is 17.7. The molecule has 0 saturated carbocycles. The van der Waals surface area contributed by atoms with Gasteiger partial charge in [0.15, 0.2) is 11.5 Å². The van der Waals surface area contributed by atoms with Crippen LogP contribution in [0.5, 0.6) is 11.5 Å². The van der Waals surface area contributed by atoms with Gasteiger partial charge in [0.1, 0.15) is 0 Å². The van der Waals surface area contributed by atoms with E-state index in [1.165, 1.54) is 11.8 Å². The number of amides is 1. The van der Waals surface area contributed by atoms with Crippen molar-refractivity contribution in [3.05, 3.63) is 47.5 Å². The van der Waals surface area contributed by atoms with Gasteiger partial charge in [-0.2, -0.15) is 0 Å². The Balaban J connectivity index is 1.39. The van der Waals surface area contributed by atoms with E-state index in [1.54, 1.807) is 49.4 Å². The van der Waals surface area contributed by atoms with Gasteiger partial charge >= 0.3 is 0 Å². The maximum Gasteiger partial charge on any atom is 0.277 e. The summed E-state index contributed by atoms with van der Waals surface area (Å²) in [6.07, 6.45) is 0. The summed E-state index contributed by atoms with van der Waals surface area (Å²) >= 11 is 7.06. The van der Waals surface area contributed by atoms with Gasteiger partial charge in [-0.05, 0) is 43.3 Å². The maximum atomic E-state index is 12.4. The van der Waals surface area contributed by atoms with Gasteiger partial charge in [0.25, 0.3) is 5.22 Å². The van der Waals surface area contributed by atoms with Crippen LogP contribution in [0.15, 0.2) is 52.1 Å². The number of benzene rings is 2. The van der Waals surface area contributed by atoms with Crippen LogP contribution in [-0.2, 0) is 4.79 Å². The van der Waals surface area contributed by atoms with Gasteiger partial charge in [-0.1, -0.05) is 23.4 Å². The summed E-state index contributed by atoms with van der Waals surface area (Å²) in [5, 5.41) is 11.3. The number of hydrogen-bond donors (Lipinski definition) is 1. The highest BCUT2D eigenvalue weighted by Gasteiger charge is 2.20. The second-order valence-electron chi connectivity index (χ2n) is 5.70. The van der Waals surface area contributed by atoms with Crippen molar-refractivity contribution in [2.24, 2.45) is 0 Å². The largest absolute Gasteiger partial charge is 0.454 e. The first-order valence-corrected chi connectivity index (χ1v) is 9.31. The lowest BCUT2D eigenvalue weighted by atomic mass is 10.2. The van der Waals surface area contributed by atoms with Crippen LogP contribution in [0.4, 0.5) is 5.69 Å². The highest BCUT2D eigenvalue weighted by Crippen LogP contribution is 2.34. The van der Waals surface area contributed by atoms with Crippen molar-refractivity contribution < 1.29 is 18.7 Å². The molecule has 0 fully saturated rings. The van der Waals surface area contributed by atoms with Crippen LogP contribution >= 0.6 is 23.4 Å². The van der Waals surface area contributed by atoms with Crippen LogP contribution in [-0.4, -0.2) is 28.1 Å². The fourth-order valence-corrected chi connectivity index (χ4v) is 3.20. The maximum absolute atomic E-state index is 12.4. The van der Waals surface area contributed by atoms with Gasteiger partial charge in [-0.3, -0.25) is 4.79 Å². The summed E-state index contributed by atoms with van der Waals surface area (Å²) in [5.41, 5.74) is 1.39. The summed E-state index contributed by atoms with van der Waals surface area (Å²) in [4.78, 5) is 12.4. The molecule has 138 valence electrons. The molecular weight excluding hydrogens is 390 g/mol. The van der Waals surface area contributed by atoms with E-state index in [0.29, 0.717) is 33.3 Å². The van der Waals surface area contributed by atoms with Gasteiger partial charge in [0, 0.05) is 22.3 Å². The van der Waals surface area contributed by atoms with Crippen molar-refractivity contribution >= 4 is 35.0 Å². The number of carbonyl (C=O) groups excluding carboxylic acids is 1. The van der Waals surface area contributed by atoms with Gasteiger partial charge < -0.3 is 19.2 Å². The monoisotopic (exact) mass is 403 g/mol. The molecule has 1 aromatic heterocycles. The molecule has 2 heterocycles. The molecule has 0 spiro atoms. The molecule has 9 heteroatoms. The minimum absolute atomic E-state index is 0.187. The predicted molar refractivity (Wildman–Crippen MR) is 101 cm³/mol. The minimum Gasteiger partial charge on any atom is -0.454 e. The Bertz CT molecular complexity index is 977. The smallest absolute Gasteiger partial charge is 0.277 e. The summed E-state index contributed by atoms with van der Waals surface area (Å²) in [6.45, 7) is 1.95. The lowest BCUT2D eigenvalue weighted by Crippen LogP contribution is -2.22. The molecule has 3 aromatic rings. The van der Waals surface area contributed by atoms with Crippen LogP contribution in [0.25, 0.3) is 11.5 Å². The van der Waals surface area contributed by atoms with E-state index in [1.807, 2.05) is 0 Å². The average Bonchev–Trinajstić information content (AvgIpc) is 3.31. The van der Waals surface area contributed by atoms with Crippen LogP contribution in [0.1, 0.15) is 6.92 Å². The quantitative estimate of drug-likeness (QED) is 0.637. The highest BCUT2D eigenvalue weighted by atomic mass is 35.5. The van der Waals surface area contributed by atoms with Crippen molar-refractivity contribution in [1.82, 2.24) is 10.2 Å². The van der Waals surface area contributed by atoms with E-state index >= 15 is 0 Å². The number of nitrogens with one attached hydrogen (secondary N) is 1. The zero-order valence-electron chi connectivity index (χ0n) is 14.1. The molecule has 0 bridgehead atoms. The van der Waals surface area contributed by atoms with E-state index < -0.39 is 5.25 Å². The van der Waals surface area contributed by atoms with Crippen molar-refractivity contribution in [2.45, 2.75) is 17.4 Å². The Morgan fingerprint density at radius 1 is 1.15 bits per heavy atom. The molecule has 1 amide bonds. The van der Waals surface area contributed by atoms with E-state index in [0.717, 1.165) is 5.56 Å². The molecule has 7 nitrogen and oxygen atoms in total. The number of aromatic nitrogens is 2. The average molecular weight is 404 g/mol. The molecule has 0 unspecified atom stereocenters. The predicted octanol–water partition coefficient (Wildman–Crippen LogP) is 4.24. The van der Waals surface area contributed by atoms with Gasteiger partial charge in [-0.25, -0.2) is 0 Å². The number of carbonyl (C=O) groups is 1. The third-order valence-corrected chi connectivity index (χ3v) is 4.97. The number of rotatable bonds is 5. The third-order valence-electron chi connectivity index (χ3n) is 3.78. The summed E-state index contributed by atoms with van der Waals surface area (Å²) in [7, 11) is 0. The van der Waals surface area contributed by atoms with Gasteiger partial charge in [0.2, 0.25) is 18.6 Å². The van der Waals surface area contributed by atoms with Crippen molar-refractivity contribution in [3.8, 4) is 23.0 Å². The summed E-state index contributed by atoms with van der Waals surface area (Å²) in [5.74, 6) is 1.45. The number of fused-ring (bicyclic) bond motifs is 1. The topological polar surface area (TPSA) is 86.5 Å². The standard InChI is InChI=1S/C18H14ClN3O4S/c1-10(16(23)20-13-6-7-14-15(8-13)25-9-24-14)27-18-22-21-17(26-18)11-2-4-12(19)5-3-11/h2-8,10H,9H2,1H3,(H,20,23)/t10-/m1/s1. The molecule has 0 aliphatic carbocycles. The first-order chi connectivity index (χ1) is 13.1. The van der Waals surface area contributed by atoms with E-state index in [4.69, 9.17) is 25.5 Å². The lowest BCUT2D eigenvalue weighted by Gasteiger charge is -2.10. The fourth-order valence-electron chi connectivity index (χ4n) is 2.39. The molecule has 0 radical (unpaired) electrons. The number of ether oxygens (including phenoxy) is 2. The zero-order chi connectivity index (χ0) is 18.8. The van der Waals surface area contributed by atoms with Crippen molar-refractivity contribution in [3.63, 3.8) is 0 Å². The molecule has 4 rings (SSSR count). The van der Waals surface area contributed by atoms with Crippen LogP contribution in [0.3, 0.4) is 0 Å². The molecule has 0 saturated heterocycles. The highest BCUT2D eigenvalue weighted by molar-refractivity contribution is 8.00. The number of thioether (sulfide) groups is 1. The fraction of sp³-hybridized carbons (Fsp3) is 0.167. The SMILES string of the molecule is C[C@@H](Sc1nnc(-c2ccc(Cl)cc2)o1)C(=O)Nc1ccc2c(c1)OCO2. The molecule has 1 N–H and O–H groups in total. The van der Waals surface area contributed by atoms with E-state index in [9.17, 15) is 4.79 Å². The summed E-state index contributed by atoms with van der Waals surface area (Å²) in [6, 6.07) is 12.3. The van der Waals surface area contributed by atoms with Gasteiger partial charge in [0.05, 0.1) is 5.25 Å². The normalized spacial score (nSPS) is 13.4. The van der Waals surface area contributed by atoms with Crippen molar-refractivity contribution in [1.29, 1.82) is 0 Å². The second kappa shape index (κ2) is 7.50. The molecule has 1 aliphatic heterocycles. The number of nitrogens with zero attached hydrogens (tertiary/aromatic N) is 2. The number of halogens is 1. The molecule has 2 aromatic carbocycles. The van der Waals surface area contributed by atoms with E-state index in [2.05, 4.69) is 15.5 Å². The third kappa shape index (κ3) is 4.01. The Morgan fingerprint density at radius 2 is 1.93 bits per heavy atom. The van der Waals surface area contributed by atoms with Gasteiger partial charge in [-0.15, -0.1) is 10.2 Å². The van der Waals surface area contributed by atoms with Crippen LogP contribution in [0, 0.1) is 0 Å². The van der Waals surface area contributed by atoms with Crippen LogP contribution in [0.2, 0.25) is 5.02 Å². The Kier molecular flexibility index (Phi) is 4.91. The Hall–Kier alpha value is -2.71. The number of hydrogen-bond acceptors (Lipinski definition) is 7. The van der Waals surface area contributed by atoms with Crippen LogP contribution < -0.4 is 14.8 Å². The minimum atomic E-state index is -0.436. The first-order valence-electron chi connectivity index (χ1n) is 8.05. The Labute approximate surface area is 164 Å². The molecule has 27 heavy (non-hydrogen) atoms. The van der Waals surface area contributed by atoms with Crippen molar-refractivity contribution in [2.75, 3.05) is 12.1 Å². The lowest BCUT2D eigenvalue weighted by molar-refractivity contribution is -0.115. The summed E-state index contributed by atoms with van der Waals surface area (Å²) < 4.78 is 16.2. The molecular formula is C18H14ClN3O4S.